The second kappa shape index (κ2) is 6.50. The summed E-state index contributed by atoms with van der Waals surface area (Å²) >= 11 is 0. The van der Waals surface area contributed by atoms with Crippen LogP contribution in [-0.4, -0.2) is 46.8 Å². The van der Waals surface area contributed by atoms with Gasteiger partial charge < -0.3 is 15.0 Å². The molecule has 1 aromatic rings. The molecule has 2 atom stereocenters. The number of hydrogen-bond donors (Lipinski definition) is 1. The van der Waals surface area contributed by atoms with Gasteiger partial charge in [0.2, 0.25) is 0 Å². The Morgan fingerprint density at radius 1 is 1.53 bits per heavy atom. The molecule has 2 unspecified atom stereocenters. The van der Waals surface area contributed by atoms with Crippen molar-refractivity contribution in [1.29, 1.82) is 0 Å². The van der Waals surface area contributed by atoms with Gasteiger partial charge >= 0.3 is 0 Å². The summed E-state index contributed by atoms with van der Waals surface area (Å²) in [6.45, 7) is 9.73. The Bertz CT molecular complexity index is 391. The van der Waals surface area contributed by atoms with E-state index in [2.05, 4.69) is 35.2 Å². The van der Waals surface area contributed by atoms with Crippen LogP contribution in [0.2, 0.25) is 0 Å². The van der Waals surface area contributed by atoms with Crippen molar-refractivity contribution in [2.45, 2.75) is 45.3 Å². The molecule has 0 bridgehead atoms. The first-order valence-electron chi connectivity index (χ1n) is 7.24. The van der Waals surface area contributed by atoms with E-state index in [1.165, 1.54) is 5.69 Å². The molecule has 0 aliphatic carbocycles. The Hall–Kier alpha value is -0.910. The quantitative estimate of drug-likeness (QED) is 0.879. The lowest BCUT2D eigenvalue weighted by Gasteiger charge is -2.40. The third-order valence-corrected chi connectivity index (χ3v) is 3.96. The monoisotopic (exact) mass is 266 g/mol. The van der Waals surface area contributed by atoms with Gasteiger partial charge in [0.1, 0.15) is 0 Å². The highest BCUT2D eigenvalue weighted by Gasteiger charge is 2.30. The molecule has 0 spiro atoms. The topological polar surface area (TPSA) is 56.3 Å². The van der Waals surface area contributed by atoms with Crippen molar-refractivity contribution in [1.82, 2.24) is 14.5 Å². The third-order valence-electron chi connectivity index (χ3n) is 3.96. The van der Waals surface area contributed by atoms with Gasteiger partial charge in [-0.1, -0.05) is 6.92 Å². The number of imidazole rings is 1. The first-order valence-corrected chi connectivity index (χ1v) is 7.24. The first-order chi connectivity index (χ1) is 9.19. The minimum absolute atomic E-state index is 0.235. The fraction of sp³-hybridized carbons (Fsp3) is 0.786. The molecule has 108 valence electrons. The number of nitrogens with zero attached hydrogens (tertiary/aromatic N) is 3. The average molecular weight is 266 g/mol. The zero-order valence-electron chi connectivity index (χ0n) is 12.2. The van der Waals surface area contributed by atoms with E-state index in [4.69, 9.17) is 10.5 Å². The van der Waals surface area contributed by atoms with Crippen LogP contribution in [0.5, 0.6) is 0 Å². The van der Waals surface area contributed by atoms with Crippen molar-refractivity contribution < 1.29 is 4.74 Å². The number of morpholine rings is 1. The summed E-state index contributed by atoms with van der Waals surface area (Å²) in [6.07, 6.45) is 4.95. The molecule has 0 saturated carbocycles. The maximum absolute atomic E-state index is 6.06. The van der Waals surface area contributed by atoms with Gasteiger partial charge in [-0.25, -0.2) is 4.98 Å². The standard InChI is InChI=1S/C14H26N4O/c1-4-12-9-19-6-5-17(12)13(7-15)14-8-16-10-18(14)11(2)3/h8,10-13H,4-7,9,15H2,1-3H3. The highest BCUT2D eigenvalue weighted by atomic mass is 16.5. The number of rotatable bonds is 5. The molecular weight excluding hydrogens is 240 g/mol. The molecule has 5 heteroatoms. The molecule has 2 N–H and O–H groups in total. The first kappa shape index (κ1) is 14.5. The number of ether oxygens (including phenoxy) is 1. The molecule has 19 heavy (non-hydrogen) atoms. The molecule has 5 nitrogen and oxygen atoms in total. The molecule has 1 aliphatic rings. The summed E-state index contributed by atoms with van der Waals surface area (Å²) in [6, 6.07) is 1.10. The maximum Gasteiger partial charge on any atom is 0.0951 e. The van der Waals surface area contributed by atoms with Crippen molar-refractivity contribution in [3.8, 4) is 0 Å². The molecule has 2 rings (SSSR count). The Morgan fingerprint density at radius 2 is 2.32 bits per heavy atom. The van der Waals surface area contributed by atoms with E-state index in [1.54, 1.807) is 0 Å². The molecule has 1 aliphatic heterocycles. The highest BCUT2D eigenvalue weighted by Crippen LogP contribution is 2.26. The van der Waals surface area contributed by atoms with E-state index in [0.717, 1.165) is 26.2 Å². The smallest absolute Gasteiger partial charge is 0.0951 e. The van der Waals surface area contributed by atoms with Crippen molar-refractivity contribution in [3.63, 3.8) is 0 Å². The SMILES string of the molecule is CCC1COCCN1C(CN)c1cncn1C(C)C. The van der Waals surface area contributed by atoms with Gasteiger partial charge in [0.05, 0.1) is 31.3 Å². The summed E-state index contributed by atoms with van der Waals surface area (Å²) < 4.78 is 7.81. The third kappa shape index (κ3) is 2.99. The van der Waals surface area contributed by atoms with Crippen LogP contribution in [0.1, 0.15) is 45.0 Å². The van der Waals surface area contributed by atoms with Gasteiger partial charge in [-0.05, 0) is 20.3 Å². The summed E-state index contributed by atoms with van der Waals surface area (Å²) in [5, 5.41) is 0. The number of hydrogen-bond acceptors (Lipinski definition) is 4. The number of aromatic nitrogens is 2. The Kier molecular flexibility index (Phi) is 4.96. The molecule has 2 heterocycles. The van der Waals surface area contributed by atoms with Gasteiger partial charge in [-0.3, -0.25) is 4.90 Å². The largest absolute Gasteiger partial charge is 0.378 e. The van der Waals surface area contributed by atoms with Gasteiger partial charge in [-0.2, -0.15) is 0 Å². The Balaban J connectivity index is 2.25. The zero-order valence-corrected chi connectivity index (χ0v) is 12.2. The van der Waals surface area contributed by atoms with Gasteiger partial charge in [0, 0.05) is 31.4 Å². The lowest BCUT2D eigenvalue weighted by atomic mass is 10.1. The van der Waals surface area contributed by atoms with Gasteiger partial charge in [-0.15, -0.1) is 0 Å². The van der Waals surface area contributed by atoms with Gasteiger partial charge in [0.15, 0.2) is 0 Å². The predicted octanol–water partition coefficient (Wildman–Crippen LogP) is 1.57. The van der Waals surface area contributed by atoms with E-state index in [1.807, 2.05) is 12.5 Å². The summed E-state index contributed by atoms with van der Waals surface area (Å²) in [4.78, 5) is 6.79. The normalized spacial score (nSPS) is 22.9. The zero-order chi connectivity index (χ0) is 13.8. The molecule has 1 fully saturated rings. The van der Waals surface area contributed by atoms with Crippen molar-refractivity contribution >= 4 is 0 Å². The second-order valence-electron chi connectivity index (χ2n) is 5.45. The van der Waals surface area contributed by atoms with Crippen LogP contribution in [-0.2, 0) is 4.74 Å². The molecule has 0 aromatic carbocycles. The number of nitrogens with two attached hydrogens (primary N) is 1. The minimum Gasteiger partial charge on any atom is -0.378 e. The molecule has 0 radical (unpaired) electrons. The molecule has 0 amide bonds. The van der Waals surface area contributed by atoms with Crippen LogP contribution in [0, 0.1) is 0 Å². The molecular formula is C14H26N4O. The lowest BCUT2D eigenvalue weighted by Crippen LogP contribution is -2.49. The molecule has 1 saturated heterocycles. The summed E-state index contributed by atoms with van der Waals surface area (Å²) in [7, 11) is 0. The fourth-order valence-electron chi connectivity index (χ4n) is 2.86. The van der Waals surface area contributed by atoms with Crippen LogP contribution < -0.4 is 5.73 Å². The highest BCUT2D eigenvalue weighted by molar-refractivity contribution is 5.08. The van der Waals surface area contributed by atoms with Crippen LogP contribution >= 0.6 is 0 Å². The summed E-state index contributed by atoms with van der Waals surface area (Å²) in [5.74, 6) is 0. The fourth-order valence-corrected chi connectivity index (χ4v) is 2.86. The van der Waals surface area contributed by atoms with Crippen molar-refractivity contribution in [2.24, 2.45) is 5.73 Å². The second-order valence-corrected chi connectivity index (χ2v) is 5.45. The Labute approximate surface area is 115 Å². The van der Waals surface area contributed by atoms with Crippen molar-refractivity contribution in [2.75, 3.05) is 26.3 Å². The van der Waals surface area contributed by atoms with E-state index >= 15 is 0 Å². The average Bonchev–Trinajstić information content (AvgIpc) is 2.89. The van der Waals surface area contributed by atoms with E-state index < -0.39 is 0 Å². The minimum atomic E-state index is 0.235. The van der Waals surface area contributed by atoms with E-state index in [9.17, 15) is 0 Å². The van der Waals surface area contributed by atoms with Crippen LogP contribution in [0.25, 0.3) is 0 Å². The molecule has 1 aromatic heterocycles. The van der Waals surface area contributed by atoms with Crippen LogP contribution in [0.15, 0.2) is 12.5 Å². The van der Waals surface area contributed by atoms with Gasteiger partial charge in [0.25, 0.3) is 0 Å². The maximum atomic E-state index is 6.06. The Morgan fingerprint density at radius 3 is 2.95 bits per heavy atom. The lowest BCUT2D eigenvalue weighted by molar-refractivity contribution is -0.0306. The summed E-state index contributed by atoms with van der Waals surface area (Å²) in [5.41, 5.74) is 7.28. The van der Waals surface area contributed by atoms with E-state index in [0.29, 0.717) is 18.6 Å². The van der Waals surface area contributed by atoms with Crippen LogP contribution in [0.4, 0.5) is 0 Å². The van der Waals surface area contributed by atoms with Crippen molar-refractivity contribution in [3.05, 3.63) is 18.2 Å². The van der Waals surface area contributed by atoms with Crippen LogP contribution in [0.3, 0.4) is 0 Å². The predicted molar refractivity (Wildman–Crippen MR) is 76.0 cm³/mol. The van der Waals surface area contributed by atoms with E-state index in [-0.39, 0.29) is 6.04 Å².